The van der Waals surface area contributed by atoms with E-state index in [1.807, 2.05) is 43.3 Å². The number of carboxylic acid groups (broad SMARTS) is 1. The Morgan fingerprint density at radius 1 is 1.06 bits per heavy atom. The van der Waals surface area contributed by atoms with Crippen LogP contribution in [0, 0.1) is 0 Å². The summed E-state index contributed by atoms with van der Waals surface area (Å²) in [6, 6.07) is 21.7. The Kier molecular flexibility index (Phi) is 6.45. The van der Waals surface area contributed by atoms with E-state index in [4.69, 9.17) is 14.9 Å². The largest absolute Gasteiger partial charge is 0.508 e. The van der Waals surface area contributed by atoms with Crippen LogP contribution in [0.5, 0.6) is 11.5 Å². The molecule has 1 aliphatic rings. The van der Waals surface area contributed by atoms with E-state index in [9.17, 15) is 9.90 Å². The fraction of sp³-hybridized carbons (Fsp3) is 0.310. The second-order valence-electron chi connectivity index (χ2n) is 9.49. The molecule has 6 heteroatoms. The Morgan fingerprint density at radius 3 is 2.46 bits per heavy atom. The summed E-state index contributed by atoms with van der Waals surface area (Å²) in [5.74, 6) is 0.170. The van der Waals surface area contributed by atoms with Crippen LogP contribution in [0.2, 0.25) is 0 Å². The van der Waals surface area contributed by atoms with Crippen LogP contribution in [-0.4, -0.2) is 26.0 Å². The smallest absolute Gasteiger partial charge is 0.303 e. The van der Waals surface area contributed by atoms with Crippen molar-refractivity contribution in [3.8, 4) is 22.8 Å². The molecule has 1 saturated carbocycles. The summed E-state index contributed by atoms with van der Waals surface area (Å²) in [6.07, 6.45) is 4.84. The van der Waals surface area contributed by atoms with E-state index >= 15 is 0 Å². The van der Waals surface area contributed by atoms with Gasteiger partial charge in [-0.15, -0.1) is 0 Å². The SMILES string of the molecule is C[C@@H](CC(=O)O)c1ccc(OCc2ccc3c(-c4ccc(O)cc4)nn(C4CCCC4)c3c2)cc1. The van der Waals surface area contributed by atoms with Crippen molar-refractivity contribution in [3.05, 3.63) is 77.9 Å². The maximum absolute atomic E-state index is 11.0. The standard InChI is InChI=1S/C29H30N2O4/c1-19(16-28(33)34)21-9-13-25(14-10-21)35-18-20-6-15-26-27(17-20)31(23-4-2-3-5-23)30-29(26)22-7-11-24(32)12-8-22/h6-15,17,19,23,32H,2-5,16,18H2,1H3,(H,33,34)/t19-/m0/s1. The molecule has 6 nitrogen and oxygen atoms in total. The third kappa shape index (κ3) is 5.02. The lowest BCUT2D eigenvalue weighted by Gasteiger charge is -2.13. The van der Waals surface area contributed by atoms with Crippen molar-refractivity contribution < 1.29 is 19.7 Å². The fourth-order valence-electron chi connectivity index (χ4n) is 4.97. The van der Waals surface area contributed by atoms with Crippen LogP contribution in [-0.2, 0) is 11.4 Å². The van der Waals surface area contributed by atoms with Gasteiger partial charge in [-0.25, -0.2) is 0 Å². The summed E-state index contributed by atoms with van der Waals surface area (Å²) < 4.78 is 8.24. The molecule has 0 bridgehead atoms. The third-order valence-corrected chi connectivity index (χ3v) is 6.92. The summed E-state index contributed by atoms with van der Waals surface area (Å²) in [6.45, 7) is 2.35. The van der Waals surface area contributed by atoms with Crippen molar-refractivity contribution in [3.63, 3.8) is 0 Å². The number of aromatic nitrogens is 2. The van der Waals surface area contributed by atoms with Crippen molar-refractivity contribution in [2.45, 2.75) is 57.6 Å². The van der Waals surface area contributed by atoms with Crippen LogP contribution in [0.4, 0.5) is 0 Å². The molecule has 0 aliphatic heterocycles. The van der Waals surface area contributed by atoms with Gasteiger partial charge in [0.2, 0.25) is 0 Å². The molecule has 1 heterocycles. The minimum Gasteiger partial charge on any atom is -0.508 e. The molecule has 180 valence electrons. The molecule has 0 saturated heterocycles. The van der Waals surface area contributed by atoms with Crippen molar-refractivity contribution in [1.82, 2.24) is 9.78 Å². The summed E-state index contributed by atoms with van der Waals surface area (Å²) in [4.78, 5) is 11.0. The van der Waals surface area contributed by atoms with Crippen molar-refractivity contribution in [2.75, 3.05) is 0 Å². The highest BCUT2D eigenvalue weighted by Crippen LogP contribution is 2.36. The zero-order chi connectivity index (χ0) is 24.4. The Bertz CT molecular complexity index is 1320. The Morgan fingerprint density at radius 2 is 1.77 bits per heavy atom. The average molecular weight is 471 g/mol. The predicted octanol–water partition coefficient (Wildman–Crippen LogP) is 6.68. The van der Waals surface area contributed by atoms with Crippen molar-refractivity contribution >= 4 is 16.9 Å². The Balaban J connectivity index is 1.39. The van der Waals surface area contributed by atoms with E-state index in [1.165, 1.54) is 12.8 Å². The fourth-order valence-corrected chi connectivity index (χ4v) is 4.97. The van der Waals surface area contributed by atoms with Gasteiger partial charge >= 0.3 is 5.97 Å². The summed E-state index contributed by atoms with van der Waals surface area (Å²) >= 11 is 0. The molecule has 0 amide bonds. The monoisotopic (exact) mass is 470 g/mol. The first-order chi connectivity index (χ1) is 17.0. The minimum atomic E-state index is -0.793. The quantitative estimate of drug-likeness (QED) is 0.300. The summed E-state index contributed by atoms with van der Waals surface area (Å²) in [7, 11) is 0. The molecule has 1 atom stereocenters. The number of aromatic hydroxyl groups is 1. The summed E-state index contributed by atoms with van der Waals surface area (Å²) in [5.41, 5.74) is 5.09. The van der Waals surface area contributed by atoms with Gasteiger partial charge in [0.25, 0.3) is 0 Å². The number of ether oxygens (including phenoxy) is 1. The number of hydrogen-bond donors (Lipinski definition) is 2. The number of carbonyl (C=O) groups is 1. The van der Waals surface area contributed by atoms with E-state index < -0.39 is 5.97 Å². The van der Waals surface area contributed by atoms with Crippen LogP contribution in [0.15, 0.2) is 66.7 Å². The Labute approximate surface area is 204 Å². The number of carboxylic acids is 1. The second kappa shape index (κ2) is 9.82. The molecule has 3 aromatic carbocycles. The first-order valence-electron chi connectivity index (χ1n) is 12.2. The lowest BCUT2D eigenvalue weighted by Crippen LogP contribution is -2.06. The Hall–Kier alpha value is -3.80. The second-order valence-corrected chi connectivity index (χ2v) is 9.49. The lowest BCUT2D eigenvalue weighted by atomic mass is 9.98. The number of nitrogens with zero attached hydrogens (tertiary/aromatic N) is 2. The van der Waals surface area contributed by atoms with Gasteiger partial charge in [0.05, 0.1) is 18.0 Å². The highest BCUT2D eigenvalue weighted by atomic mass is 16.5. The van der Waals surface area contributed by atoms with Gasteiger partial charge in [-0.05, 0) is 72.4 Å². The molecule has 1 fully saturated rings. The van der Waals surface area contributed by atoms with Gasteiger partial charge in [0.15, 0.2) is 0 Å². The van der Waals surface area contributed by atoms with Gasteiger partial charge in [0.1, 0.15) is 23.8 Å². The first kappa shape index (κ1) is 23.0. The van der Waals surface area contributed by atoms with E-state index in [0.29, 0.717) is 12.6 Å². The average Bonchev–Trinajstić information content (AvgIpc) is 3.51. The van der Waals surface area contributed by atoms with Crippen LogP contribution < -0.4 is 4.74 Å². The zero-order valence-corrected chi connectivity index (χ0v) is 19.9. The molecular formula is C29H30N2O4. The van der Waals surface area contributed by atoms with Gasteiger partial charge in [0, 0.05) is 10.9 Å². The van der Waals surface area contributed by atoms with E-state index in [-0.39, 0.29) is 18.1 Å². The molecule has 1 aromatic heterocycles. The molecule has 35 heavy (non-hydrogen) atoms. The minimum absolute atomic E-state index is 0.0393. The van der Waals surface area contributed by atoms with E-state index in [2.05, 4.69) is 22.9 Å². The molecule has 0 unspecified atom stereocenters. The maximum Gasteiger partial charge on any atom is 0.303 e. The molecule has 1 aliphatic carbocycles. The van der Waals surface area contributed by atoms with Crippen LogP contribution in [0.3, 0.4) is 0 Å². The number of fused-ring (bicyclic) bond motifs is 1. The number of phenols is 1. The number of phenolic OH excluding ortho intramolecular Hbond substituents is 1. The van der Waals surface area contributed by atoms with Gasteiger partial charge < -0.3 is 14.9 Å². The molecule has 0 radical (unpaired) electrons. The highest BCUT2D eigenvalue weighted by molar-refractivity contribution is 5.93. The number of aliphatic carboxylic acids is 1. The summed E-state index contributed by atoms with van der Waals surface area (Å²) in [5, 5.41) is 24.8. The topological polar surface area (TPSA) is 84.6 Å². The third-order valence-electron chi connectivity index (χ3n) is 6.92. The number of hydrogen-bond acceptors (Lipinski definition) is 4. The van der Waals surface area contributed by atoms with E-state index in [0.717, 1.165) is 51.9 Å². The van der Waals surface area contributed by atoms with Crippen LogP contribution in [0.25, 0.3) is 22.2 Å². The zero-order valence-electron chi connectivity index (χ0n) is 19.9. The van der Waals surface area contributed by atoms with Crippen molar-refractivity contribution in [1.29, 1.82) is 0 Å². The molecule has 2 N–H and O–H groups in total. The molecule has 4 aromatic rings. The predicted molar refractivity (Wildman–Crippen MR) is 136 cm³/mol. The maximum atomic E-state index is 11.0. The van der Waals surface area contributed by atoms with Gasteiger partial charge in [-0.1, -0.05) is 44.0 Å². The highest BCUT2D eigenvalue weighted by Gasteiger charge is 2.22. The van der Waals surface area contributed by atoms with Gasteiger partial charge in [-0.2, -0.15) is 5.10 Å². The molecular weight excluding hydrogens is 440 g/mol. The van der Waals surface area contributed by atoms with Crippen molar-refractivity contribution in [2.24, 2.45) is 0 Å². The van der Waals surface area contributed by atoms with E-state index in [1.54, 1.807) is 12.1 Å². The number of rotatable bonds is 8. The first-order valence-corrected chi connectivity index (χ1v) is 12.2. The van der Waals surface area contributed by atoms with Crippen LogP contribution >= 0.6 is 0 Å². The molecule has 0 spiro atoms. The molecule has 5 rings (SSSR count). The number of benzene rings is 3. The lowest BCUT2D eigenvalue weighted by molar-refractivity contribution is -0.137. The normalized spacial score (nSPS) is 14.9. The van der Waals surface area contributed by atoms with Crippen LogP contribution in [0.1, 0.15) is 62.1 Å². The van der Waals surface area contributed by atoms with Gasteiger partial charge in [-0.3, -0.25) is 9.48 Å².